The molecule has 3 rings (SSSR count). The number of nitrogens with one attached hydrogen (secondary N) is 1. The molecule has 0 saturated heterocycles. The summed E-state index contributed by atoms with van der Waals surface area (Å²) in [4.78, 5) is 24.1. The lowest BCUT2D eigenvalue weighted by Gasteiger charge is -2.09. The van der Waals surface area contributed by atoms with Crippen LogP contribution in [-0.2, 0) is 14.3 Å². The zero-order valence-electron chi connectivity index (χ0n) is 17.0. The number of anilines is 1. The van der Waals surface area contributed by atoms with Gasteiger partial charge in [0.1, 0.15) is 5.82 Å². The van der Waals surface area contributed by atoms with Gasteiger partial charge in [-0.2, -0.15) is 5.10 Å². The van der Waals surface area contributed by atoms with Crippen LogP contribution in [0.3, 0.4) is 0 Å². The minimum absolute atomic E-state index is 0.159. The number of nitrogens with zero attached hydrogens (tertiary/aromatic N) is 2. The first-order valence-electron chi connectivity index (χ1n) is 9.27. The van der Waals surface area contributed by atoms with Crippen LogP contribution in [0.25, 0.3) is 11.8 Å². The Kier molecular flexibility index (Phi) is 7.56. The lowest BCUT2D eigenvalue weighted by Crippen LogP contribution is -2.20. The van der Waals surface area contributed by atoms with Gasteiger partial charge in [-0.05, 0) is 56.3 Å². The predicted octanol–water partition coefficient (Wildman–Crippen LogP) is 5.78. The summed E-state index contributed by atoms with van der Waals surface area (Å²) in [7, 11) is 0. The Morgan fingerprint density at radius 1 is 1.12 bits per heavy atom. The lowest BCUT2D eigenvalue weighted by molar-refractivity contribution is -0.142. The third-order valence-electron chi connectivity index (χ3n) is 4.42. The van der Waals surface area contributed by atoms with Crippen LogP contribution in [-0.4, -0.2) is 28.3 Å². The summed E-state index contributed by atoms with van der Waals surface area (Å²) >= 11 is 17.9. The molecule has 10 heteroatoms. The number of rotatable bonds is 6. The first-order chi connectivity index (χ1) is 15.2. The number of aromatic nitrogens is 2. The summed E-state index contributed by atoms with van der Waals surface area (Å²) in [5.74, 6) is -1.68. The van der Waals surface area contributed by atoms with Crippen molar-refractivity contribution in [2.24, 2.45) is 0 Å². The third-order valence-corrected chi connectivity index (χ3v) is 5.24. The molecule has 1 amide bonds. The Bertz CT molecular complexity index is 1180. The Morgan fingerprint density at radius 2 is 1.75 bits per heavy atom. The molecule has 0 radical (unpaired) electrons. The summed E-state index contributed by atoms with van der Waals surface area (Å²) < 4.78 is 19.8. The highest BCUT2D eigenvalue weighted by molar-refractivity contribution is 6.42. The molecule has 1 heterocycles. The fourth-order valence-electron chi connectivity index (χ4n) is 2.90. The molecule has 0 aliphatic rings. The Morgan fingerprint density at radius 3 is 2.38 bits per heavy atom. The van der Waals surface area contributed by atoms with Crippen molar-refractivity contribution in [3.05, 3.63) is 80.3 Å². The van der Waals surface area contributed by atoms with Gasteiger partial charge in [0.2, 0.25) is 0 Å². The molecule has 0 aliphatic heterocycles. The van der Waals surface area contributed by atoms with Crippen molar-refractivity contribution in [1.82, 2.24) is 9.78 Å². The minimum Gasteiger partial charge on any atom is -0.452 e. The standard InChI is InChI=1S/C22H17Cl3FN3O3/c1-12-17(13(2)29(28-12)16-5-3-15(26)4-6-16)7-8-21(31)32-11-20(30)27-22-18(24)9-14(23)10-19(22)25/h3-10H,11H2,1-2H3,(H,27,30)/b8-7+. The molecule has 0 atom stereocenters. The van der Waals surface area contributed by atoms with E-state index in [-0.39, 0.29) is 21.5 Å². The van der Waals surface area contributed by atoms with E-state index in [1.165, 1.54) is 30.3 Å². The van der Waals surface area contributed by atoms with Crippen LogP contribution in [0.5, 0.6) is 0 Å². The van der Waals surface area contributed by atoms with Gasteiger partial charge < -0.3 is 10.1 Å². The first-order valence-corrected chi connectivity index (χ1v) is 10.4. The zero-order valence-corrected chi connectivity index (χ0v) is 19.2. The van der Waals surface area contributed by atoms with E-state index in [1.807, 2.05) is 6.92 Å². The highest BCUT2D eigenvalue weighted by atomic mass is 35.5. The van der Waals surface area contributed by atoms with E-state index >= 15 is 0 Å². The van der Waals surface area contributed by atoms with Crippen molar-refractivity contribution in [1.29, 1.82) is 0 Å². The predicted molar refractivity (Wildman–Crippen MR) is 123 cm³/mol. The topological polar surface area (TPSA) is 73.2 Å². The molecule has 0 aliphatic carbocycles. The van der Waals surface area contributed by atoms with E-state index < -0.39 is 18.5 Å². The number of hydrogen-bond acceptors (Lipinski definition) is 4. The number of amides is 1. The number of benzene rings is 2. The molecule has 32 heavy (non-hydrogen) atoms. The van der Waals surface area contributed by atoms with E-state index in [4.69, 9.17) is 39.5 Å². The van der Waals surface area contributed by atoms with Crippen molar-refractivity contribution in [2.75, 3.05) is 11.9 Å². The minimum atomic E-state index is -0.721. The average molecular weight is 497 g/mol. The molecular weight excluding hydrogens is 480 g/mol. The number of ether oxygens (including phenoxy) is 1. The van der Waals surface area contributed by atoms with Crippen molar-refractivity contribution in [2.45, 2.75) is 13.8 Å². The summed E-state index contributed by atoms with van der Waals surface area (Å²) in [5.41, 5.74) is 2.98. The molecule has 0 fully saturated rings. The Balaban J connectivity index is 1.62. The van der Waals surface area contributed by atoms with Crippen molar-refractivity contribution in [3.8, 4) is 5.69 Å². The molecule has 3 aromatic rings. The van der Waals surface area contributed by atoms with Crippen molar-refractivity contribution >= 4 is 58.4 Å². The van der Waals surface area contributed by atoms with Gasteiger partial charge >= 0.3 is 5.97 Å². The molecule has 0 unspecified atom stereocenters. The molecule has 166 valence electrons. The Labute approximate surface area is 198 Å². The molecule has 0 saturated carbocycles. The second-order valence-electron chi connectivity index (χ2n) is 6.71. The largest absolute Gasteiger partial charge is 0.452 e. The van der Waals surface area contributed by atoms with Crippen LogP contribution in [0.4, 0.5) is 10.1 Å². The van der Waals surface area contributed by atoms with E-state index in [2.05, 4.69) is 10.4 Å². The van der Waals surface area contributed by atoms with Gasteiger partial charge in [0.25, 0.3) is 5.91 Å². The van der Waals surface area contributed by atoms with Gasteiger partial charge in [0.15, 0.2) is 6.61 Å². The van der Waals surface area contributed by atoms with Gasteiger partial charge in [-0.1, -0.05) is 34.8 Å². The summed E-state index contributed by atoms with van der Waals surface area (Å²) in [5, 5.41) is 7.54. The maximum atomic E-state index is 13.2. The highest BCUT2D eigenvalue weighted by Crippen LogP contribution is 2.33. The zero-order chi connectivity index (χ0) is 23.4. The maximum absolute atomic E-state index is 13.2. The van der Waals surface area contributed by atoms with E-state index in [0.29, 0.717) is 22.0 Å². The number of carbonyl (C=O) groups is 2. The van der Waals surface area contributed by atoms with E-state index in [9.17, 15) is 14.0 Å². The van der Waals surface area contributed by atoms with Gasteiger partial charge in [-0.25, -0.2) is 13.9 Å². The molecule has 0 bridgehead atoms. The number of aryl methyl sites for hydroxylation is 1. The van der Waals surface area contributed by atoms with Crippen LogP contribution >= 0.6 is 34.8 Å². The number of halogens is 4. The van der Waals surface area contributed by atoms with E-state index in [0.717, 1.165) is 5.69 Å². The number of carbonyl (C=O) groups excluding carboxylic acids is 2. The normalized spacial score (nSPS) is 11.1. The lowest BCUT2D eigenvalue weighted by atomic mass is 10.2. The molecule has 1 N–H and O–H groups in total. The molecular formula is C22H17Cl3FN3O3. The highest BCUT2D eigenvalue weighted by Gasteiger charge is 2.14. The van der Waals surface area contributed by atoms with Crippen LogP contribution in [0, 0.1) is 19.7 Å². The smallest absolute Gasteiger partial charge is 0.331 e. The Hall–Kier alpha value is -2.87. The molecule has 2 aromatic carbocycles. The van der Waals surface area contributed by atoms with Crippen LogP contribution in [0.2, 0.25) is 15.1 Å². The molecule has 6 nitrogen and oxygen atoms in total. The van der Waals surface area contributed by atoms with Crippen LogP contribution in [0.1, 0.15) is 17.0 Å². The van der Waals surface area contributed by atoms with Crippen LogP contribution in [0.15, 0.2) is 42.5 Å². The quantitative estimate of drug-likeness (QED) is 0.347. The van der Waals surface area contributed by atoms with Gasteiger partial charge in [-0.15, -0.1) is 0 Å². The van der Waals surface area contributed by atoms with Gasteiger partial charge in [0, 0.05) is 22.4 Å². The molecule has 1 aromatic heterocycles. The van der Waals surface area contributed by atoms with Crippen molar-refractivity contribution in [3.63, 3.8) is 0 Å². The SMILES string of the molecule is Cc1nn(-c2ccc(F)cc2)c(C)c1/C=C/C(=O)OCC(=O)Nc1c(Cl)cc(Cl)cc1Cl. The fraction of sp³-hybridized carbons (Fsp3) is 0.136. The van der Waals surface area contributed by atoms with Crippen molar-refractivity contribution < 1.29 is 18.7 Å². The van der Waals surface area contributed by atoms with Crippen LogP contribution < -0.4 is 5.32 Å². The third kappa shape index (κ3) is 5.68. The summed E-state index contributed by atoms with van der Waals surface area (Å²) in [6.45, 7) is 3.07. The average Bonchev–Trinajstić information content (AvgIpc) is 3.01. The van der Waals surface area contributed by atoms with Gasteiger partial charge in [0.05, 0.1) is 27.1 Å². The maximum Gasteiger partial charge on any atom is 0.331 e. The second-order valence-corrected chi connectivity index (χ2v) is 7.96. The van der Waals surface area contributed by atoms with E-state index in [1.54, 1.807) is 29.8 Å². The monoisotopic (exact) mass is 495 g/mol. The van der Waals surface area contributed by atoms with Gasteiger partial charge in [-0.3, -0.25) is 4.79 Å². The fourth-order valence-corrected chi connectivity index (χ4v) is 3.81. The number of hydrogen-bond donors (Lipinski definition) is 1. The second kappa shape index (κ2) is 10.2. The summed E-state index contributed by atoms with van der Waals surface area (Å²) in [6, 6.07) is 8.75. The summed E-state index contributed by atoms with van der Waals surface area (Å²) in [6.07, 6.45) is 2.74. The molecule has 0 spiro atoms. The number of esters is 1. The first kappa shape index (κ1) is 23.8.